The highest BCUT2D eigenvalue weighted by Crippen LogP contribution is 2.35. The quantitative estimate of drug-likeness (QED) is 0.745. The third kappa shape index (κ3) is 1.54. The molecule has 1 heterocycles. The van der Waals surface area contributed by atoms with Gasteiger partial charge in [0.25, 0.3) is 5.92 Å². The molecule has 0 unspecified atom stereocenters. The number of halogens is 3. The van der Waals surface area contributed by atoms with Crippen LogP contribution in [-0.4, -0.2) is 0 Å². The number of benzene rings is 1. The van der Waals surface area contributed by atoms with Gasteiger partial charge in [-0.15, -0.1) is 0 Å². The fraction of sp³-hybridized carbons (Fsp3) is 0.200. The maximum absolute atomic E-state index is 13.1. The molecule has 0 aliphatic rings. The lowest BCUT2D eigenvalue weighted by Gasteiger charge is -2.06. The third-order valence-electron chi connectivity index (χ3n) is 2.01. The number of fused-ring (bicyclic) bond motifs is 1. The molecule has 0 radical (unpaired) electrons. The molecule has 0 saturated carbocycles. The SMILES string of the molecule is CC(F)(F)c1coc2ccc(Br)cc12. The minimum Gasteiger partial charge on any atom is -0.464 e. The van der Waals surface area contributed by atoms with Crippen LogP contribution in [0.4, 0.5) is 8.78 Å². The van der Waals surface area contributed by atoms with Gasteiger partial charge in [-0.25, -0.2) is 8.78 Å². The van der Waals surface area contributed by atoms with E-state index < -0.39 is 5.92 Å². The first-order valence-electron chi connectivity index (χ1n) is 4.03. The van der Waals surface area contributed by atoms with Crippen molar-refractivity contribution in [3.05, 3.63) is 34.5 Å². The first-order valence-corrected chi connectivity index (χ1v) is 4.83. The molecular formula is C10H7BrF2O. The second-order valence-corrected chi connectivity index (χ2v) is 4.09. The van der Waals surface area contributed by atoms with E-state index in [1.807, 2.05) is 0 Å². The van der Waals surface area contributed by atoms with Crippen LogP contribution in [-0.2, 0) is 5.92 Å². The molecular weight excluding hydrogens is 254 g/mol. The molecule has 0 aliphatic carbocycles. The standard InChI is InChI=1S/C10H7BrF2O/c1-10(12,13)8-5-14-9-3-2-6(11)4-7(8)9/h2-5H,1H3. The summed E-state index contributed by atoms with van der Waals surface area (Å²) in [6, 6.07) is 5.05. The van der Waals surface area contributed by atoms with E-state index >= 15 is 0 Å². The van der Waals surface area contributed by atoms with E-state index in [-0.39, 0.29) is 5.56 Å². The topological polar surface area (TPSA) is 13.1 Å². The van der Waals surface area contributed by atoms with Crippen LogP contribution in [0, 0.1) is 0 Å². The van der Waals surface area contributed by atoms with Crippen molar-refractivity contribution in [2.24, 2.45) is 0 Å². The summed E-state index contributed by atoms with van der Waals surface area (Å²) in [5.74, 6) is -2.87. The van der Waals surface area contributed by atoms with E-state index in [4.69, 9.17) is 4.42 Å². The molecule has 2 rings (SSSR count). The molecule has 1 aromatic carbocycles. The van der Waals surface area contributed by atoms with Crippen molar-refractivity contribution in [3.63, 3.8) is 0 Å². The summed E-state index contributed by atoms with van der Waals surface area (Å²) in [6.07, 6.45) is 1.11. The summed E-state index contributed by atoms with van der Waals surface area (Å²) < 4.78 is 31.9. The zero-order valence-electron chi connectivity index (χ0n) is 7.35. The average molecular weight is 261 g/mol. The van der Waals surface area contributed by atoms with Crippen molar-refractivity contribution in [2.45, 2.75) is 12.8 Å². The Labute approximate surface area is 87.8 Å². The Morgan fingerprint density at radius 2 is 2.07 bits per heavy atom. The van der Waals surface area contributed by atoms with Gasteiger partial charge in [0.15, 0.2) is 0 Å². The Balaban J connectivity index is 2.73. The first kappa shape index (κ1) is 9.65. The zero-order valence-corrected chi connectivity index (χ0v) is 8.94. The van der Waals surface area contributed by atoms with Crippen LogP contribution in [0.2, 0.25) is 0 Å². The third-order valence-corrected chi connectivity index (χ3v) is 2.50. The van der Waals surface area contributed by atoms with E-state index in [0.717, 1.165) is 17.7 Å². The van der Waals surface area contributed by atoms with Gasteiger partial charge in [0, 0.05) is 16.8 Å². The normalized spacial score (nSPS) is 12.3. The predicted molar refractivity (Wildman–Crippen MR) is 53.5 cm³/mol. The summed E-state index contributed by atoms with van der Waals surface area (Å²) in [5, 5.41) is 0.451. The average Bonchev–Trinajstić information content (AvgIpc) is 2.45. The maximum Gasteiger partial charge on any atom is 0.274 e. The van der Waals surface area contributed by atoms with Crippen LogP contribution >= 0.6 is 15.9 Å². The molecule has 1 aromatic heterocycles. The van der Waals surface area contributed by atoms with Gasteiger partial charge < -0.3 is 4.42 Å². The number of hydrogen-bond donors (Lipinski definition) is 0. The fourth-order valence-corrected chi connectivity index (χ4v) is 1.70. The molecule has 14 heavy (non-hydrogen) atoms. The van der Waals surface area contributed by atoms with Crippen molar-refractivity contribution >= 4 is 26.9 Å². The van der Waals surface area contributed by atoms with Crippen molar-refractivity contribution in [2.75, 3.05) is 0 Å². The van der Waals surface area contributed by atoms with Crippen LogP contribution in [0.3, 0.4) is 0 Å². The van der Waals surface area contributed by atoms with Gasteiger partial charge >= 0.3 is 0 Å². The summed E-state index contributed by atoms with van der Waals surface area (Å²) in [5.41, 5.74) is 0.401. The van der Waals surface area contributed by atoms with Gasteiger partial charge in [0.2, 0.25) is 0 Å². The van der Waals surface area contributed by atoms with Crippen LogP contribution in [0.1, 0.15) is 12.5 Å². The van der Waals surface area contributed by atoms with Gasteiger partial charge in [0.1, 0.15) is 11.8 Å². The number of hydrogen-bond acceptors (Lipinski definition) is 1. The van der Waals surface area contributed by atoms with Gasteiger partial charge in [-0.05, 0) is 18.2 Å². The Hall–Kier alpha value is -0.900. The zero-order chi connectivity index (χ0) is 10.3. The highest BCUT2D eigenvalue weighted by atomic mass is 79.9. The van der Waals surface area contributed by atoms with Crippen LogP contribution in [0.5, 0.6) is 0 Å². The number of furan rings is 1. The minimum atomic E-state index is -2.87. The molecule has 74 valence electrons. The highest BCUT2D eigenvalue weighted by molar-refractivity contribution is 9.10. The smallest absolute Gasteiger partial charge is 0.274 e. The molecule has 4 heteroatoms. The fourth-order valence-electron chi connectivity index (χ4n) is 1.34. The second kappa shape index (κ2) is 3.05. The monoisotopic (exact) mass is 260 g/mol. The van der Waals surface area contributed by atoms with E-state index in [1.165, 1.54) is 0 Å². The molecule has 0 bridgehead atoms. The first-order chi connectivity index (χ1) is 6.48. The number of rotatable bonds is 1. The predicted octanol–water partition coefficient (Wildman–Crippen LogP) is 4.31. The Bertz CT molecular complexity index is 470. The van der Waals surface area contributed by atoms with Crippen molar-refractivity contribution in [1.82, 2.24) is 0 Å². The largest absolute Gasteiger partial charge is 0.464 e. The second-order valence-electron chi connectivity index (χ2n) is 3.18. The van der Waals surface area contributed by atoms with Crippen LogP contribution in [0.25, 0.3) is 11.0 Å². The molecule has 0 N–H and O–H groups in total. The lowest BCUT2D eigenvalue weighted by atomic mass is 10.1. The van der Waals surface area contributed by atoms with Gasteiger partial charge in [0.05, 0.1) is 5.56 Å². The van der Waals surface area contributed by atoms with E-state index in [1.54, 1.807) is 18.2 Å². The van der Waals surface area contributed by atoms with Crippen molar-refractivity contribution < 1.29 is 13.2 Å². The molecule has 0 saturated heterocycles. The molecule has 2 aromatic rings. The van der Waals surface area contributed by atoms with Gasteiger partial charge in [-0.3, -0.25) is 0 Å². The van der Waals surface area contributed by atoms with Crippen LogP contribution < -0.4 is 0 Å². The minimum absolute atomic E-state index is 0.0752. The lowest BCUT2D eigenvalue weighted by Crippen LogP contribution is -2.05. The lowest BCUT2D eigenvalue weighted by molar-refractivity contribution is 0.0183. The Morgan fingerprint density at radius 1 is 1.36 bits per heavy atom. The molecule has 0 atom stereocenters. The molecule has 0 fully saturated rings. The Morgan fingerprint density at radius 3 is 2.71 bits per heavy atom. The molecule has 0 amide bonds. The van der Waals surface area contributed by atoms with Crippen molar-refractivity contribution in [1.29, 1.82) is 0 Å². The summed E-state index contributed by atoms with van der Waals surface area (Å²) in [7, 11) is 0. The highest BCUT2D eigenvalue weighted by Gasteiger charge is 2.28. The summed E-state index contributed by atoms with van der Waals surface area (Å²) >= 11 is 3.23. The number of alkyl halides is 2. The molecule has 1 nitrogen and oxygen atoms in total. The Kier molecular flexibility index (Phi) is 2.10. The van der Waals surface area contributed by atoms with Crippen LogP contribution in [0.15, 0.2) is 33.4 Å². The van der Waals surface area contributed by atoms with E-state index in [2.05, 4.69) is 15.9 Å². The molecule has 0 spiro atoms. The summed E-state index contributed by atoms with van der Waals surface area (Å²) in [4.78, 5) is 0. The molecule has 0 aliphatic heterocycles. The maximum atomic E-state index is 13.1. The van der Waals surface area contributed by atoms with Gasteiger partial charge in [-0.1, -0.05) is 15.9 Å². The summed E-state index contributed by atoms with van der Waals surface area (Å²) in [6.45, 7) is 0.859. The van der Waals surface area contributed by atoms with Gasteiger partial charge in [-0.2, -0.15) is 0 Å². The van der Waals surface area contributed by atoms with Crippen molar-refractivity contribution in [3.8, 4) is 0 Å². The van der Waals surface area contributed by atoms with E-state index in [9.17, 15) is 8.78 Å². The van der Waals surface area contributed by atoms with E-state index in [0.29, 0.717) is 11.0 Å².